The summed E-state index contributed by atoms with van der Waals surface area (Å²) in [4.78, 5) is 6.64. The molecule has 0 aliphatic carbocycles. The van der Waals surface area contributed by atoms with E-state index < -0.39 is 0 Å². The summed E-state index contributed by atoms with van der Waals surface area (Å²) in [6.07, 6.45) is 3.76. The van der Waals surface area contributed by atoms with Gasteiger partial charge in [0.2, 0.25) is 0 Å². The fourth-order valence-electron chi connectivity index (χ4n) is 2.39. The Hall–Kier alpha value is -0.980. The summed E-state index contributed by atoms with van der Waals surface area (Å²) in [6, 6.07) is 8.04. The standard InChI is InChI=1S/C16H25N3O.HI/c1-13-8-4-5-9-15(13)20-14(2)12-18-16(17)19-10-6-3-7-11-19;/h4-5,8-9,14H,3,6-7,10-12H2,1-2H3,(H2,17,18);1H. The minimum atomic E-state index is 0. The van der Waals surface area contributed by atoms with Crippen LogP contribution in [-0.4, -0.2) is 36.6 Å². The van der Waals surface area contributed by atoms with E-state index in [4.69, 9.17) is 10.5 Å². The van der Waals surface area contributed by atoms with E-state index in [1.165, 1.54) is 19.3 Å². The highest BCUT2D eigenvalue weighted by Gasteiger charge is 2.12. The summed E-state index contributed by atoms with van der Waals surface area (Å²) < 4.78 is 5.90. The largest absolute Gasteiger partial charge is 0.489 e. The average molecular weight is 403 g/mol. The second-order valence-electron chi connectivity index (χ2n) is 5.44. The maximum absolute atomic E-state index is 6.04. The van der Waals surface area contributed by atoms with Gasteiger partial charge in [0.1, 0.15) is 11.9 Å². The van der Waals surface area contributed by atoms with Gasteiger partial charge in [-0.2, -0.15) is 0 Å². The Kier molecular flexibility index (Phi) is 7.85. The quantitative estimate of drug-likeness (QED) is 0.477. The Balaban J connectivity index is 0.00000220. The molecule has 5 heteroatoms. The van der Waals surface area contributed by atoms with Gasteiger partial charge >= 0.3 is 0 Å². The maximum atomic E-state index is 6.04. The third-order valence-corrected chi connectivity index (χ3v) is 3.61. The number of rotatable bonds is 4. The van der Waals surface area contributed by atoms with Gasteiger partial charge < -0.3 is 15.4 Å². The molecule has 0 aromatic heterocycles. The van der Waals surface area contributed by atoms with Crippen molar-refractivity contribution in [2.24, 2.45) is 10.7 Å². The number of hydrogen-bond donors (Lipinski definition) is 1. The van der Waals surface area contributed by atoms with Gasteiger partial charge in [-0.1, -0.05) is 18.2 Å². The van der Waals surface area contributed by atoms with Crippen molar-refractivity contribution in [2.45, 2.75) is 39.2 Å². The van der Waals surface area contributed by atoms with Crippen molar-refractivity contribution in [2.75, 3.05) is 19.6 Å². The van der Waals surface area contributed by atoms with Gasteiger partial charge in [0.25, 0.3) is 0 Å². The molecule has 1 atom stereocenters. The number of aliphatic imine (C=N–C) groups is 1. The first kappa shape index (κ1) is 18.1. The third-order valence-electron chi connectivity index (χ3n) is 3.61. The zero-order valence-electron chi connectivity index (χ0n) is 12.9. The molecular weight excluding hydrogens is 377 g/mol. The van der Waals surface area contributed by atoms with Gasteiger partial charge in [0, 0.05) is 13.1 Å². The maximum Gasteiger partial charge on any atom is 0.191 e. The molecule has 1 aliphatic heterocycles. The Morgan fingerprint density at radius 2 is 1.95 bits per heavy atom. The van der Waals surface area contributed by atoms with E-state index in [1.54, 1.807) is 0 Å². The molecule has 21 heavy (non-hydrogen) atoms. The molecule has 0 radical (unpaired) electrons. The van der Waals surface area contributed by atoms with E-state index in [0.717, 1.165) is 24.4 Å². The van der Waals surface area contributed by atoms with Gasteiger partial charge in [-0.3, -0.25) is 0 Å². The third kappa shape index (κ3) is 5.73. The molecule has 1 fully saturated rings. The van der Waals surface area contributed by atoms with Crippen molar-refractivity contribution < 1.29 is 4.74 Å². The van der Waals surface area contributed by atoms with Crippen molar-refractivity contribution in [3.8, 4) is 5.75 Å². The summed E-state index contributed by atoms with van der Waals surface area (Å²) in [7, 11) is 0. The van der Waals surface area contributed by atoms with Gasteiger partial charge in [-0.15, -0.1) is 24.0 Å². The lowest BCUT2D eigenvalue weighted by Gasteiger charge is -2.27. The van der Waals surface area contributed by atoms with E-state index in [2.05, 4.69) is 9.89 Å². The molecule has 2 rings (SSSR count). The lowest BCUT2D eigenvalue weighted by molar-refractivity contribution is 0.227. The van der Waals surface area contributed by atoms with Crippen molar-refractivity contribution >= 4 is 29.9 Å². The predicted molar refractivity (Wildman–Crippen MR) is 98.6 cm³/mol. The Labute approximate surface area is 144 Å². The second kappa shape index (κ2) is 9.12. The number of nitrogens with zero attached hydrogens (tertiary/aromatic N) is 2. The molecule has 1 saturated heterocycles. The van der Waals surface area contributed by atoms with E-state index in [0.29, 0.717) is 12.5 Å². The number of nitrogens with two attached hydrogens (primary N) is 1. The molecule has 0 amide bonds. The molecule has 4 nitrogen and oxygen atoms in total. The first-order valence-corrected chi connectivity index (χ1v) is 7.44. The van der Waals surface area contributed by atoms with Crippen LogP contribution >= 0.6 is 24.0 Å². The number of para-hydroxylation sites is 1. The SMILES string of the molecule is Cc1ccccc1OC(C)CN=C(N)N1CCCCC1.I. The molecule has 1 aromatic rings. The molecule has 1 aromatic carbocycles. The average Bonchev–Trinajstić information content (AvgIpc) is 2.48. The van der Waals surface area contributed by atoms with Crippen molar-refractivity contribution in [1.82, 2.24) is 4.90 Å². The number of benzene rings is 1. The highest BCUT2D eigenvalue weighted by molar-refractivity contribution is 14.0. The topological polar surface area (TPSA) is 50.9 Å². The Morgan fingerprint density at radius 3 is 2.62 bits per heavy atom. The van der Waals surface area contributed by atoms with Crippen LogP contribution in [-0.2, 0) is 0 Å². The second-order valence-corrected chi connectivity index (χ2v) is 5.44. The first-order valence-electron chi connectivity index (χ1n) is 7.44. The predicted octanol–water partition coefficient (Wildman–Crippen LogP) is 3.18. The number of hydrogen-bond acceptors (Lipinski definition) is 2. The van der Waals surface area contributed by atoms with E-state index in [1.807, 2.05) is 38.1 Å². The number of guanidine groups is 1. The molecule has 2 N–H and O–H groups in total. The Morgan fingerprint density at radius 1 is 1.29 bits per heavy atom. The van der Waals surface area contributed by atoms with Gasteiger partial charge in [0.05, 0.1) is 6.54 Å². The number of aryl methyl sites for hydroxylation is 1. The lowest BCUT2D eigenvalue weighted by atomic mass is 10.1. The highest BCUT2D eigenvalue weighted by Crippen LogP contribution is 2.17. The van der Waals surface area contributed by atoms with Crippen LogP contribution in [0.3, 0.4) is 0 Å². The van der Waals surface area contributed by atoms with Crippen LogP contribution in [0.4, 0.5) is 0 Å². The van der Waals surface area contributed by atoms with Gasteiger partial charge in [0.15, 0.2) is 5.96 Å². The molecule has 118 valence electrons. The zero-order chi connectivity index (χ0) is 14.4. The van der Waals surface area contributed by atoms with Gasteiger partial charge in [-0.25, -0.2) is 4.99 Å². The summed E-state index contributed by atoms with van der Waals surface area (Å²) in [5, 5.41) is 0. The zero-order valence-corrected chi connectivity index (χ0v) is 15.2. The Bertz CT molecular complexity index is 459. The van der Waals surface area contributed by atoms with Crippen LogP contribution in [0, 0.1) is 6.92 Å². The van der Waals surface area contributed by atoms with Crippen LogP contribution in [0.1, 0.15) is 31.7 Å². The normalized spacial score (nSPS) is 17.0. The van der Waals surface area contributed by atoms with Crippen molar-refractivity contribution in [1.29, 1.82) is 0 Å². The lowest BCUT2D eigenvalue weighted by Crippen LogP contribution is -2.41. The van der Waals surface area contributed by atoms with E-state index in [9.17, 15) is 0 Å². The van der Waals surface area contributed by atoms with Gasteiger partial charge in [-0.05, 0) is 44.7 Å². The van der Waals surface area contributed by atoms with Crippen LogP contribution in [0.25, 0.3) is 0 Å². The van der Waals surface area contributed by atoms with Crippen molar-refractivity contribution in [3.63, 3.8) is 0 Å². The van der Waals surface area contributed by atoms with Crippen LogP contribution in [0.15, 0.2) is 29.3 Å². The van der Waals surface area contributed by atoms with E-state index >= 15 is 0 Å². The first-order chi connectivity index (χ1) is 9.66. The molecule has 0 bridgehead atoms. The summed E-state index contributed by atoms with van der Waals surface area (Å²) in [6.45, 7) is 6.73. The number of halogens is 1. The molecule has 1 heterocycles. The van der Waals surface area contributed by atoms with Crippen LogP contribution in [0.2, 0.25) is 0 Å². The summed E-state index contributed by atoms with van der Waals surface area (Å²) >= 11 is 0. The molecule has 1 aliphatic rings. The fraction of sp³-hybridized carbons (Fsp3) is 0.562. The number of ether oxygens (including phenoxy) is 1. The van der Waals surface area contributed by atoms with Crippen LogP contribution < -0.4 is 10.5 Å². The smallest absolute Gasteiger partial charge is 0.191 e. The molecule has 0 saturated carbocycles. The van der Waals surface area contributed by atoms with E-state index in [-0.39, 0.29) is 30.1 Å². The summed E-state index contributed by atoms with van der Waals surface area (Å²) in [5.74, 6) is 1.58. The number of piperidine rings is 1. The van der Waals surface area contributed by atoms with Crippen LogP contribution in [0.5, 0.6) is 5.75 Å². The minimum absolute atomic E-state index is 0. The monoisotopic (exact) mass is 403 g/mol. The van der Waals surface area contributed by atoms with Crippen molar-refractivity contribution in [3.05, 3.63) is 29.8 Å². The summed E-state index contributed by atoms with van der Waals surface area (Å²) in [5.41, 5.74) is 7.19. The molecule has 1 unspecified atom stereocenters. The number of likely N-dealkylation sites (tertiary alicyclic amines) is 1. The minimum Gasteiger partial charge on any atom is -0.489 e. The molecular formula is C16H26IN3O. The molecule has 0 spiro atoms. The highest BCUT2D eigenvalue weighted by atomic mass is 127. The fourth-order valence-corrected chi connectivity index (χ4v) is 2.39.